The Bertz CT molecular complexity index is 523. The molecule has 0 unspecified atom stereocenters. The number of amides is 1. The predicted octanol–water partition coefficient (Wildman–Crippen LogP) is 3.17. The molecular formula is C16H19NO3. The molecule has 20 heavy (non-hydrogen) atoms. The van der Waals surface area contributed by atoms with Gasteiger partial charge in [0.15, 0.2) is 0 Å². The summed E-state index contributed by atoms with van der Waals surface area (Å²) in [6.07, 6.45) is 4.58. The molecule has 1 rings (SSSR count). The Balaban J connectivity index is 2.63. The van der Waals surface area contributed by atoms with Crippen LogP contribution in [0.5, 0.6) is 0 Å². The van der Waals surface area contributed by atoms with Crippen molar-refractivity contribution in [3.8, 4) is 0 Å². The summed E-state index contributed by atoms with van der Waals surface area (Å²) in [6.45, 7) is 5.85. The number of hydrogen-bond acceptors (Lipinski definition) is 3. The second-order valence-corrected chi connectivity index (χ2v) is 4.42. The zero-order valence-corrected chi connectivity index (χ0v) is 12.0. The molecule has 1 aromatic carbocycles. The highest BCUT2D eigenvalue weighted by Crippen LogP contribution is 2.11. The molecule has 1 N–H and O–H groups in total. The molecule has 0 aliphatic heterocycles. The lowest BCUT2D eigenvalue weighted by Gasteiger charge is -2.03. The maximum Gasteiger partial charge on any atom is 0.330 e. The van der Waals surface area contributed by atoms with Crippen molar-refractivity contribution in [3.63, 3.8) is 0 Å². The molecule has 4 heteroatoms. The van der Waals surface area contributed by atoms with Gasteiger partial charge in [-0.25, -0.2) is 4.79 Å². The van der Waals surface area contributed by atoms with Crippen LogP contribution >= 0.6 is 0 Å². The predicted molar refractivity (Wildman–Crippen MR) is 80.2 cm³/mol. The minimum absolute atomic E-state index is 0.153. The Morgan fingerprint density at radius 1 is 1.20 bits per heavy atom. The second-order valence-electron chi connectivity index (χ2n) is 4.42. The fourth-order valence-electron chi connectivity index (χ4n) is 1.47. The summed E-state index contributed by atoms with van der Waals surface area (Å²) in [5.74, 6) is -0.520. The van der Waals surface area contributed by atoms with Crippen LogP contribution in [-0.4, -0.2) is 18.5 Å². The minimum atomic E-state index is -0.367. The number of esters is 1. The molecule has 1 amide bonds. The van der Waals surface area contributed by atoms with Gasteiger partial charge in [-0.05, 0) is 44.5 Å². The van der Waals surface area contributed by atoms with Gasteiger partial charge in [0.05, 0.1) is 6.61 Å². The Kier molecular flexibility index (Phi) is 6.23. The standard InChI is InChI=1S/C16H19NO3/c1-4-20-16(19)10-7-13-5-8-14(9-6-13)17-15(18)11-12(2)3/h5-11H,4H2,1-3H3,(H,17,18)/b10-7+. The molecule has 4 nitrogen and oxygen atoms in total. The number of benzene rings is 1. The van der Waals surface area contributed by atoms with E-state index in [1.807, 2.05) is 26.0 Å². The number of hydrogen-bond donors (Lipinski definition) is 1. The van der Waals surface area contributed by atoms with Crippen LogP contribution in [0.15, 0.2) is 42.0 Å². The highest BCUT2D eigenvalue weighted by atomic mass is 16.5. The topological polar surface area (TPSA) is 55.4 Å². The lowest BCUT2D eigenvalue weighted by atomic mass is 10.2. The summed E-state index contributed by atoms with van der Waals surface area (Å²) in [6, 6.07) is 7.19. The number of allylic oxidation sites excluding steroid dienone is 1. The van der Waals surface area contributed by atoms with Crippen LogP contribution < -0.4 is 5.32 Å². The SMILES string of the molecule is CCOC(=O)/C=C/c1ccc(NC(=O)C=C(C)C)cc1. The third kappa shape index (κ3) is 6.00. The van der Waals surface area contributed by atoms with E-state index in [9.17, 15) is 9.59 Å². The average Bonchev–Trinajstić information content (AvgIpc) is 2.37. The largest absolute Gasteiger partial charge is 0.463 e. The van der Waals surface area contributed by atoms with E-state index in [2.05, 4.69) is 5.32 Å². The van der Waals surface area contributed by atoms with Crippen LogP contribution in [0, 0.1) is 0 Å². The number of ether oxygens (including phenoxy) is 1. The van der Waals surface area contributed by atoms with Gasteiger partial charge in [-0.1, -0.05) is 17.7 Å². The third-order valence-corrected chi connectivity index (χ3v) is 2.30. The molecule has 0 saturated heterocycles. The fraction of sp³-hybridized carbons (Fsp3) is 0.250. The number of nitrogens with one attached hydrogen (secondary N) is 1. The molecule has 0 fully saturated rings. The Morgan fingerprint density at radius 2 is 1.85 bits per heavy atom. The Labute approximate surface area is 119 Å². The molecular weight excluding hydrogens is 254 g/mol. The average molecular weight is 273 g/mol. The molecule has 0 heterocycles. The normalized spacial score (nSPS) is 10.2. The molecule has 0 atom stereocenters. The molecule has 0 spiro atoms. The zero-order valence-electron chi connectivity index (χ0n) is 12.0. The van der Waals surface area contributed by atoms with Crippen LogP contribution in [0.25, 0.3) is 6.08 Å². The Morgan fingerprint density at radius 3 is 2.40 bits per heavy atom. The summed E-state index contributed by atoms with van der Waals surface area (Å²) >= 11 is 0. The lowest BCUT2D eigenvalue weighted by Crippen LogP contribution is -2.08. The van der Waals surface area contributed by atoms with E-state index in [0.717, 1.165) is 11.1 Å². The van der Waals surface area contributed by atoms with Gasteiger partial charge < -0.3 is 10.1 Å². The number of carbonyl (C=O) groups excluding carboxylic acids is 2. The highest BCUT2D eigenvalue weighted by molar-refractivity contribution is 5.99. The molecule has 106 valence electrons. The van der Waals surface area contributed by atoms with E-state index in [4.69, 9.17) is 4.74 Å². The van der Waals surface area contributed by atoms with E-state index in [-0.39, 0.29) is 11.9 Å². The smallest absolute Gasteiger partial charge is 0.330 e. The third-order valence-electron chi connectivity index (χ3n) is 2.30. The van der Waals surface area contributed by atoms with Gasteiger partial charge >= 0.3 is 5.97 Å². The first-order valence-corrected chi connectivity index (χ1v) is 6.42. The van der Waals surface area contributed by atoms with Crippen molar-refractivity contribution in [1.82, 2.24) is 0 Å². The molecule has 1 aromatic rings. The van der Waals surface area contributed by atoms with E-state index in [1.54, 1.807) is 25.1 Å². The van der Waals surface area contributed by atoms with Gasteiger partial charge in [0.1, 0.15) is 0 Å². The Hall–Kier alpha value is -2.36. The molecule has 0 aliphatic rings. The highest BCUT2D eigenvalue weighted by Gasteiger charge is 1.98. The number of carbonyl (C=O) groups is 2. The lowest BCUT2D eigenvalue weighted by molar-refractivity contribution is -0.137. The van der Waals surface area contributed by atoms with Crippen molar-refractivity contribution < 1.29 is 14.3 Å². The molecule has 0 aromatic heterocycles. The van der Waals surface area contributed by atoms with Crippen LogP contribution in [0.2, 0.25) is 0 Å². The van der Waals surface area contributed by atoms with E-state index >= 15 is 0 Å². The van der Waals surface area contributed by atoms with Crippen molar-refractivity contribution in [3.05, 3.63) is 47.6 Å². The number of anilines is 1. The van der Waals surface area contributed by atoms with Gasteiger partial charge in [-0.2, -0.15) is 0 Å². The first-order chi connectivity index (χ1) is 9.51. The summed E-state index contributed by atoms with van der Waals surface area (Å²) in [5.41, 5.74) is 2.51. The van der Waals surface area contributed by atoms with Crippen molar-refractivity contribution in [2.45, 2.75) is 20.8 Å². The maximum atomic E-state index is 11.5. The van der Waals surface area contributed by atoms with Crippen LogP contribution in [0.3, 0.4) is 0 Å². The second kappa shape index (κ2) is 7.94. The summed E-state index contributed by atoms with van der Waals surface area (Å²) in [4.78, 5) is 22.7. The monoisotopic (exact) mass is 273 g/mol. The summed E-state index contributed by atoms with van der Waals surface area (Å²) in [7, 11) is 0. The van der Waals surface area contributed by atoms with Crippen molar-refractivity contribution >= 4 is 23.6 Å². The van der Waals surface area contributed by atoms with Crippen molar-refractivity contribution in [1.29, 1.82) is 0 Å². The van der Waals surface area contributed by atoms with Crippen LogP contribution in [-0.2, 0) is 14.3 Å². The van der Waals surface area contributed by atoms with Crippen LogP contribution in [0.1, 0.15) is 26.3 Å². The van der Waals surface area contributed by atoms with E-state index in [1.165, 1.54) is 12.2 Å². The van der Waals surface area contributed by atoms with E-state index < -0.39 is 0 Å². The summed E-state index contributed by atoms with van der Waals surface area (Å²) < 4.78 is 4.79. The van der Waals surface area contributed by atoms with E-state index in [0.29, 0.717) is 12.3 Å². The van der Waals surface area contributed by atoms with Crippen molar-refractivity contribution in [2.75, 3.05) is 11.9 Å². The first kappa shape index (κ1) is 15.7. The molecule has 0 bridgehead atoms. The van der Waals surface area contributed by atoms with Gasteiger partial charge in [0, 0.05) is 17.8 Å². The molecule has 0 aliphatic carbocycles. The van der Waals surface area contributed by atoms with Gasteiger partial charge in [0.2, 0.25) is 5.91 Å². The first-order valence-electron chi connectivity index (χ1n) is 6.42. The van der Waals surface area contributed by atoms with Gasteiger partial charge in [0.25, 0.3) is 0 Å². The maximum absolute atomic E-state index is 11.5. The quantitative estimate of drug-likeness (QED) is 0.662. The summed E-state index contributed by atoms with van der Waals surface area (Å²) in [5, 5.41) is 2.75. The van der Waals surface area contributed by atoms with Gasteiger partial charge in [-0.3, -0.25) is 4.79 Å². The van der Waals surface area contributed by atoms with Crippen molar-refractivity contribution in [2.24, 2.45) is 0 Å². The van der Waals surface area contributed by atoms with Crippen LogP contribution in [0.4, 0.5) is 5.69 Å². The van der Waals surface area contributed by atoms with Gasteiger partial charge in [-0.15, -0.1) is 0 Å². The number of rotatable bonds is 5. The zero-order chi connectivity index (χ0) is 15.0. The fourth-order valence-corrected chi connectivity index (χ4v) is 1.47. The molecule has 0 saturated carbocycles. The minimum Gasteiger partial charge on any atom is -0.463 e. The molecule has 0 radical (unpaired) electrons.